The average molecular weight is 262 g/mol. The second-order valence-corrected chi connectivity index (χ2v) is 5.13. The fourth-order valence-electron chi connectivity index (χ4n) is 2.43. The molecule has 0 bridgehead atoms. The minimum Gasteiger partial charge on any atom is -0.387 e. The number of nitrogens with one attached hydrogen (secondary N) is 2. The first kappa shape index (κ1) is 13.9. The lowest BCUT2D eigenvalue weighted by molar-refractivity contribution is 0.0908. The third-order valence-electron chi connectivity index (χ3n) is 3.75. The molecule has 0 aliphatic carbocycles. The van der Waals surface area contributed by atoms with Gasteiger partial charge in [-0.1, -0.05) is 11.6 Å². The predicted molar refractivity (Wildman–Crippen MR) is 76.6 cm³/mol. The Hall–Kier alpha value is -1.55. The van der Waals surface area contributed by atoms with Crippen LogP contribution in [-0.4, -0.2) is 32.2 Å². The SMILES string of the molecule is CNc1ccc(C)cc1C(=O)NCC1CCOC1C. The molecule has 2 rings (SSSR count). The highest BCUT2D eigenvalue weighted by atomic mass is 16.5. The number of benzene rings is 1. The molecule has 4 heteroatoms. The van der Waals surface area contributed by atoms with Gasteiger partial charge in [0.2, 0.25) is 0 Å². The minimum atomic E-state index is -0.0212. The molecule has 0 spiro atoms. The summed E-state index contributed by atoms with van der Waals surface area (Å²) < 4.78 is 5.50. The Bertz CT molecular complexity index is 459. The standard InChI is InChI=1S/C15H22N2O2/c1-10-4-5-14(16-3)13(8-10)15(18)17-9-12-6-7-19-11(12)2/h4-5,8,11-12,16H,6-7,9H2,1-3H3,(H,17,18). The van der Waals surface area contributed by atoms with Gasteiger partial charge in [-0.25, -0.2) is 0 Å². The molecular formula is C15H22N2O2. The van der Waals surface area contributed by atoms with E-state index in [4.69, 9.17) is 4.74 Å². The molecule has 1 fully saturated rings. The van der Waals surface area contributed by atoms with Gasteiger partial charge in [0.1, 0.15) is 0 Å². The molecule has 1 saturated heterocycles. The average Bonchev–Trinajstić information content (AvgIpc) is 2.81. The Morgan fingerprint density at radius 2 is 2.26 bits per heavy atom. The van der Waals surface area contributed by atoms with Gasteiger partial charge in [-0.2, -0.15) is 0 Å². The van der Waals surface area contributed by atoms with Crippen LogP contribution in [0.2, 0.25) is 0 Å². The molecule has 1 aliphatic heterocycles. The van der Waals surface area contributed by atoms with Crippen LogP contribution >= 0.6 is 0 Å². The van der Waals surface area contributed by atoms with Gasteiger partial charge in [0.05, 0.1) is 11.7 Å². The number of ether oxygens (including phenoxy) is 1. The van der Waals surface area contributed by atoms with Crippen molar-refractivity contribution >= 4 is 11.6 Å². The van der Waals surface area contributed by atoms with Gasteiger partial charge in [0.15, 0.2) is 0 Å². The fourth-order valence-corrected chi connectivity index (χ4v) is 2.43. The number of carbonyl (C=O) groups is 1. The number of hydrogen-bond acceptors (Lipinski definition) is 3. The molecule has 1 aromatic rings. The summed E-state index contributed by atoms with van der Waals surface area (Å²) in [4.78, 5) is 12.2. The van der Waals surface area contributed by atoms with Gasteiger partial charge >= 0.3 is 0 Å². The number of carbonyl (C=O) groups excluding carboxylic acids is 1. The molecule has 0 saturated carbocycles. The zero-order chi connectivity index (χ0) is 13.8. The molecule has 1 aromatic carbocycles. The van der Waals surface area contributed by atoms with E-state index in [-0.39, 0.29) is 12.0 Å². The van der Waals surface area contributed by atoms with Crippen molar-refractivity contribution in [1.82, 2.24) is 5.32 Å². The minimum absolute atomic E-state index is 0.0212. The molecule has 0 radical (unpaired) electrons. The summed E-state index contributed by atoms with van der Waals surface area (Å²) in [5.41, 5.74) is 2.65. The van der Waals surface area contributed by atoms with Gasteiger partial charge in [0.25, 0.3) is 5.91 Å². The Kier molecular flexibility index (Phi) is 4.43. The Balaban J connectivity index is 2.01. The molecule has 104 valence electrons. The molecule has 1 heterocycles. The predicted octanol–water partition coefficient (Wildman–Crippen LogP) is 2.19. The monoisotopic (exact) mass is 262 g/mol. The first-order valence-corrected chi connectivity index (χ1v) is 6.80. The topological polar surface area (TPSA) is 50.4 Å². The third-order valence-corrected chi connectivity index (χ3v) is 3.75. The molecule has 1 aliphatic rings. The first-order chi connectivity index (χ1) is 9.11. The van der Waals surface area contributed by atoms with Crippen LogP contribution in [0.15, 0.2) is 18.2 Å². The zero-order valence-corrected chi connectivity index (χ0v) is 11.8. The van der Waals surface area contributed by atoms with Crippen LogP contribution < -0.4 is 10.6 Å². The lowest BCUT2D eigenvalue weighted by atomic mass is 10.0. The van der Waals surface area contributed by atoms with E-state index in [2.05, 4.69) is 17.6 Å². The molecule has 4 nitrogen and oxygen atoms in total. The van der Waals surface area contributed by atoms with Crippen molar-refractivity contribution in [3.63, 3.8) is 0 Å². The summed E-state index contributed by atoms with van der Waals surface area (Å²) in [6.45, 7) is 5.53. The van der Waals surface area contributed by atoms with E-state index >= 15 is 0 Å². The second-order valence-electron chi connectivity index (χ2n) is 5.13. The summed E-state index contributed by atoms with van der Waals surface area (Å²) in [5, 5.41) is 6.07. The van der Waals surface area contributed by atoms with Crippen LogP contribution in [0.4, 0.5) is 5.69 Å². The zero-order valence-electron chi connectivity index (χ0n) is 11.8. The smallest absolute Gasteiger partial charge is 0.253 e. The van der Waals surface area contributed by atoms with Crippen LogP contribution in [0.1, 0.15) is 29.3 Å². The molecular weight excluding hydrogens is 240 g/mol. The molecule has 19 heavy (non-hydrogen) atoms. The lowest BCUT2D eigenvalue weighted by Gasteiger charge is -2.16. The van der Waals surface area contributed by atoms with Gasteiger partial charge < -0.3 is 15.4 Å². The summed E-state index contributed by atoms with van der Waals surface area (Å²) in [5.74, 6) is 0.402. The van der Waals surface area contributed by atoms with E-state index in [1.807, 2.05) is 32.2 Å². The van der Waals surface area contributed by atoms with Gasteiger partial charge in [-0.3, -0.25) is 4.79 Å². The maximum atomic E-state index is 12.2. The van der Waals surface area contributed by atoms with Crippen LogP contribution in [0.25, 0.3) is 0 Å². The highest BCUT2D eigenvalue weighted by Crippen LogP contribution is 2.20. The molecule has 2 N–H and O–H groups in total. The molecule has 1 amide bonds. The highest BCUT2D eigenvalue weighted by molar-refractivity contribution is 5.99. The summed E-state index contributed by atoms with van der Waals surface area (Å²) in [6, 6.07) is 5.84. The number of rotatable bonds is 4. The van der Waals surface area contributed by atoms with Crippen molar-refractivity contribution < 1.29 is 9.53 Å². The van der Waals surface area contributed by atoms with Crippen LogP contribution in [-0.2, 0) is 4.74 Å². The van der Waals surface area contributed by atoms with Crippen molar-refractivity contribution in [2.75, 3.05) is 25.5 Å². The van der Waals surface area contributed by atoms with Crippen molar-refractivity contribution in [2.24, 2.45) is 5.92 Å². The fraction of sp³-hybridized carbons (Fsp3) is 0.533. The van der Waals surface area contributed by atoms with E-state index in [0.29, 0.717) is 18.0 Å². The Morgan fingerprint density at radius 3 is 2.89 bits per heavy atom. The number of aryl methyl sites for hydroxylation is 1. The second kappa shape index (κ2) is 6.06. The van der Waals surface area contributed by atoms with Crippen molar-refractivity contribution in [2.45, 2.75) is 26.4 Å². The molecule has 2 atom stereocenters. The summed E-state index contributed by atoms with van der Waals surface area (Å²) in [7, 11) is 1.83. The number of anilines is 1. The number of amides is 1. The maximum absolute atomic E-state index is 12.2. The number of hydrogen-bond donors (Lipinski definition) is 2. The quantitative estimate of drug-likeness (QED) is 0.874. The van der Waals surface area contributed by atoms with Gasteiger partial charge in [-0.05, 0) is 32.4 Å². The van der Waals surface area contributed by atoms with E-state index < -0.39 is 0 Å². The van der Waals surface area contributed by atoms with E-state index in [1.165, 1.54) is 0 Å². The van der Waals surface area contributed by atoms with Crippen LogP contribution in [0.3, 0.4) is 0 Å². The van der Waals surface area contributed by atoms with Crippen LogP contribution in [0, 0.1) is 12.8 Å². The van der Waals surface area contributed by atoms with Gasteiger partial charge in [-0.15, -0.1) is 0 Å². The first-order valence-electron chi connectivity index (χ1n) is 6.80. The summed E-state index contributed by atoms with van der Waals surface area (Å²) >= 11 is 0. The molecule has 0 aromatic heterocycles. The van der Waals surface area contributed by atoms with Crippen LogP contribution in [0.5, 0.6) is 0 Å². The van der Waals surface area contributed by atoms with E-state index in [0.717, 1.165) is 24.3 Å². The lowest BCUT2D eigenvalue weighted by Crippen LogP contribution is -2.32. The largest absolute Gasteiger partial charge is 0.387 e. The van der Waals surface area contributed by atoms with Crippen molar-refractivity contribution in [3.05, 3.63) is 29.3 Å². The van der Waals surface area contributed by atoms with E-state index in [9.17, 15) is 4.79 Å². The highest BCUT2D eigenvalue weighted by Gasteiger charge is 2.24. The maximum Gasteiger partial charge on any atom is 0.253 e. The van der Waals surface area contributed by atoms with Gasteiger partial charge in [0, 0.05) is 31.8 Å². The van der Waals surface area contributed by atoms with Crippen molar-refractivity contribution in [1.29, 1.82) is 0 Å². The van der Waals surface area contributed by atoms with Crippen molar-refractivity contribution in [3.8, 4) is 0 Å². The third kappa shape index (κ3) is 3.26. The summed E-state index contributed by atoms with van der Waals surface area (Å²) in [6.07, 6.45) is 1.26. The Morgan fingerprint density at radius 1 is 1.47 bits per heavy atom. The Labute approximate surface area is 114 Å². The molecule has 2 unspecified atom stereocenters. The van der Waals surface area contributed by atoms with E-state index in [1.54, 1.807) is 0 Å². The normalized spacial score (nSPS) is 22.3.